The molecule has 0 spiro atoms. The summed E-state index contributed by atoms with van der Waals surface area (Å²) in [7, 11) is 1.92. The van der Waals surface area contributed by atoms with Crippen molar-refractivity contribution in [3.63, 3.8) is 0 Å². The van der Waals surface area contributed by atoms with Gasteiger partial charge in [-0.2, -0.15) is 0 Å². The Kier molecular flexibility index (Phi) is 10.0. The van der Waals surface area contributed by atoms with Gasteiger partial charge in [-0.25, -0.2) is 4.79 Å². The van der Waals surface area contributed by atoms with Gasteiger partial charge in [0.2, 0.25) is 11.8 Å². The van der Waals surface area contributed by atoms with Crippen LogP contribution in [0.15, 0.2) is 140 Å². The summed E-state index contributed by atoms with van der Waals surface area (Å²) in [5.41, 5.74) is 4.12. The third kappa shape index (κ3) is 7.32. The van der Waals surface area contributed by atoms with Gasteiger partial charge in [-0.05, 0) is 46.9 Å². The third-order valence-corrected chi connectivity index (χ3v) is 8.95. The average molecular weight is 654 g/mol. The molecule has 2 heterocycles. The summed E-state index contributed by atoms with van der Waals surface area (Å²) >= 11 is 0. The van der Waals surface area contributed by atoms with Crippen LogP contribution in [0.3, 0.4) is 0 Å². The molecule has 9 nitrogen and oxygen atoms in total. The normalized spacial score (nSPS) is 12.7. The summed E-state index contributed by atoms with van der Waals surface area (Å²) in [4.78, 5) is 43.8. The fraction of sp³-hybridized carbons (Fsp3) is 0.175. The minimum Gasteiger partial charge on any atom is -0.480 e. The van der Waals surface area contributed by atoms with Crippen molar-refractivity contribution >= 4 is 28.7 Å². The van der Waals surface area contributed by atoms with Crippen molar-refractivity contribution in [2.75, 3.05) is 0 Å². The standard InChI is InChI=1S/C40H39N5O4/c1-45-23-13-20-32(45)27-42-35(24-28-26-41-34-22-12-11-21-33(28)34)38(47)43-36(39(48)49)25-37(46)44-40(29-14-5-2-6-15-29,30-16-7-3-8-17-30)31-18-9-4-10-19-31/h2-23,26,35-36,41-42H,24-25,27H2,1H3,(H,43,47)(H,44,46)(H,48,49)/t35-,36-/m0/s1. The number of carboxylic acid groups (broad SMARTS) is 1. The van der Waals surface area contributed by atoms with Crippen molar-refractivity contribution in [3.8, 4) is 0 Å². The lowest BCUT2D eigenvalue weighted by Crippen LogP contribution is -2.54. The van der Waals surface area contributed by atoms with E-state index >= 15 is 0 Å². The lowest BCUT2D eigenvalue weighted by molar-refractivity contribution is -0.144. The molecule has 0 radical (unpaired) electrons. The number of hydrogen-bond acceptors (Lipinski definition) is 4. The molecule has 6 aromatic rings. The first kappa shape index (κ1) is 33.0. The zero-order valence-electron chi connectivity index (χ0n) is 27.2. The van der Waals surface area contributed by atoms with Crippen LogP contribution in [0.2, 0.25) is 0 Å². The van der Waals surface area contributed by atoms with Gasteiger partial charge >= 0.3 is 5.97 Å². The second kappa shape index (κ2) is 14.9. The Hall–Kier alpha value is -5.93. The Morgan fingerprint density at radius 3 is 1.88 bits per heavy atom. The zero-order valence-corrected chi connectivity index (χ0v) is 27.2. The quantitative estimate of drug-likeness (QED) is 0.102. The van der Waals surface area contributed by atoms with Crippen molar-refractivity contribution in [1.29, 1.82) is 0 Å². The highest BCUT2D eigenvalue weighted by Crippen LogP contribution is 2.37. The average Bonchev–Trinajstić information content (AvgIpc) is 3.74. The van der Waals surface area contributed by atoms with Crippen molar-refractivity contribution in [1.82, 2.24) is 25.5 Å². The molecule has 0 saturated heterocycles. The van der Waals surface area contributed by atoms with Gasteiger partial charge in [0.25, 0.3) is 0 Å². The summed E-state index contributed by atoms with van der Waals surface area (Å²) in [5.74, 6) is -2.35. The largest absolute Gasteiger partial charge is 0.480 e. The van der Waals surface area contributed by atoms with E-state index in [0.29, 0.717) is 13.0 Å². The van der Waals surface area contributed by atoms with Gasteiger partial charge in [-0.15, -0.1) is 0 Å². The van der Waals surface area contributed by atoms with Gasteiger partial charge in [0.05, 0.1) is 12.5 Å². The SMILES string of the molecule is Cn1cccc1CN[C@@H](Cc1c[nH]c2ccccc12)C(=O)N[C@@H](CC(=O)NC(c1ccccc1)(c1ccccc1)c1ccccc1)C(=O)O. The number of fused-ring (bicyclic) bond motifs is 1. The highest BCUT2D eigenvalue weighted by atomic mass is 16.4. The molecule has 0 unspecified atom stereocenters. The van der Waals surface area contributed by atoms with Crippen molar-refractivity contribution in [3.05, 3.63) is 168 Å². The lowest BCUT2D eigenvalue weighted by Gasteiger charge is -2.37. The third-order valence-electron chi connectivity index (χ3n) is 8.95. The molecule has 0 saturated carbocycles. The van der Waals surface area contributed by atoms with E-state index in [-0.39, 0.29) is 0 Å². The Labute approximate surface area is 285 Å². The minimum absolute atomic E-state index is 0.304. The first-order valence-electron chi connectivity index (χ1n) is 16.2. The summed E-state index contributed by atoms with van der Waals surface area (Å²) in [6.07, 6.45) is 3.61. The van der Waals surface area contributed by atoms with Gasteiger partial charge in [-0.1, -0.05) is 109 Å². The van der Waals surface area contributed by atoms with E-state index in [1.807, 2.05) is 151 Å². The number of hydrogen-bond donors (Lipinski definition) is 5. The maximum atomic E-state index is 14.0. The number of aryl methyl sites for hydroxylation is 1. The smallest absolute Gasteiger partial charge is 0.326 e. The molecule has 5 N–H and O–H groups in total. The van der Waals surface area contributed by atoms with E-state index < -0.39 is 41.8 Å². The summed E-state index contributed by atoms with van der Waals surface area (Å²) in [5, 5.41) is 20.5. The summed E-state index contributed by atoms with van der Waals surface area (Å²) < 4.78 is 1.95. The number of nitrogens with one attached hydrogen (secondary N) is 4. The van der Waals surface area contributed by atoms with Crippen LogP contribution < -0.4 is 16.0 Å². The van der Waals surface area contributed by atoms with Gasteiger partial charge in [-0.3, -0.25) is 14.9 Å². The highest BCUT2D eigenvalue weighted by molar-refractivity contribution is 5.92. The molecule has 9 heteroatoms. The molecule has 4 aromatic carbocycles. The number of nitrogens with zero attached hydrogens (tertiary/aromatic N) is 1. The van der Waals surface area contributed by atoms with E-state index in [0.717, 1.165) is 38.9 Å². The van der Waals surface area contributed by atoms with Crippen LogP contribution in [-0.4, -0.2) is 44.5 Å². The number of aromatic amines is 1. The zero-order chi connectivity index (χ0) is 34.2. The molecule has 6 rings (SSSR count). The maximum absolute atomic E-state index is 14.0. The number of aliphatic carboxylic acids is 1. The van der Waals surface area contributed by atoms with E-state index in [1.165, 1.54) is 0 Å². The fourth-order valence-corrected chi connectivity index (χ4v) is 6.38. The van der Waals surface area contributed by atoms with Crippen LogP contribution in [0.1, 0.15) is 34.4 Å². The van der Waals surface area contributed by atoms with E-state index in [9.17, 15) is 19.5 Å². The molecule has 0 aliphatic carbocycles. The number of H-pyrrole nitrogens is 1. The number of amides is 2. The second-order valence-electron chi connectivity index (χ2n) is 12.1. The molecule has 2 atom stereocenters. The van der Waals surface area contributed by atoms with E-state index in [2.05, 4.69) is 20.9 Å². The van der Waals surface area contributed by atoms with Crippen LogP contribution in [-0.2, 0) is 39.9 Å². The molecule has 2 aromatic heterocycles. The predicted molar refractivity (Wildman–Crippen MR) is 190 cm³/mol. The molecule has 0 aliphatic heterocycles. The number of carbonyl (C=O) groups excluding carboxylic acids is 2. The highest BCUT2D eigenvalue weighted by Gasteiger charge is 2.39. The maximum Gasteiger partial charge on any atom is 0.326 e. The molecule has 2 amide bonds. The Balaban J connectivity index is 1.27. The minimum atomic E-state index is -1.48. The van der Waals surface area contributed by atoms with Gasteiger partial charge < -0.3 is 25.3 Å². The number of aromatic nitrogens is 2. The molecule has 0 aliphatic rings. The number of benzene rings is 4. The Morgan fingerprint density at radius 2 is 1.33 bits per heavy atom. The predicted octanol–water partition coefficient (Wildman–Crippen LogP) is 5.28. The molecule has 49 heavy (non-hydrogen) atoms. The molecular formula is C40H39N5O4. The fourth-order valence-electron chi connectivity index (χ4n) is 6.38. The van der Waals surface area contributed by atoms with Crippen molar-refractivity contribution in [2.24, 2.45) is 7.05 Å². The van der Waals surface area contributed by atoms with Gasteiger partial charge in [0.1, 0.15) is 11.6 Å². The monoisotopic (exact) mass is 653 g/mol. The molecule has 0 bridgehead atoms. The summed E-state index contributed by atoms with van der Waals surface area (Å²) in [6, 6.07) is 38.2. The molecule has 248 valence electrons. The second-order valence-corrected chi connectivity index (χ2v) is 12.1. The number of rotatable bonds is 14. The topological polar surface area (TPSA) is 128 Å². The van der Waals surface area contributed by atoms with Crippen molar-refractivity contribution in [2.45, 2.75) is 37.0 Å². The lowest BCUT2D eigenvalue weighted by atomic mass is 9.77. The number of carbonyl (C=O) groups is 3. The number of carboxylic acids is 1. The van der Waals surface area contributed by atoms with E-state index in [1.54, 1.807) is 0 Å². The first-order chi connectivity index (χ1) is 23.8. The van der Waals surface area contributed by atoms with Gasteiger partial charge in [0, 0.05) is 42.6 Å². The van der Waals surface area contributed by atoms with E-state index in [4.69, 9.17) is 0 Å². The van der Waals surface area contributed by atoms with Gasteiger partial charge in [0.15, 0.2) is 0 Å². The molecular weight excluding hydrogens is 614 g/mol. The van der Waals surface area contributed by atoms with Crippen LogP contribution in [0.5, 0.6) is 0 Å². The summed E-state index contributed by atoms with van der Waals surface area (Å²) in [6.45, 7) is 0.385. The van der Waals surface area contributed by atoms with Crippen LogP contribution in [0.4, 0.5) is 0 Å². The number of para-hydroxylation sites is 1. The van der Waals surface area contributed by atoms with Crippen LogP contribution in [0, 0.1) is 0 Å². The Bertz CT molecular complexity index is 1920. The van der Waals surface area contributed by atoms with Crippen LogP contribution in [0.25, 0.3) is 10.9 Å². The van der Waals surface area contributed by atoms with Crippen LogP contribution >= 0.6 is 0 Å². The molecule has 0 fully saturated rings. The van der Waals surface area contributed by atoms with Crippen molar-refractivity contribution < 1.29 is 19.5 Å². The Morgan fingerprint density at radius 1 is 0.755 bits per heavy atom. The first-order valence-corrected chi connectivity index (χ1v) is 16.2.